The molecule has 0 aliphatic rings. The number of Topliss-reactive ketones (excluding diaryl/α,β-unsaturated/α-hetero) is 1. The summed E-state index contributed by atoms with van der Waals surface area (Å²) >= 11 is 5.93. The highest BCUT2D eigenvalue weighted by Gasteiger charge is 2.22. The van der Waals surface area contributed by atoms with Gasteiger partial charge in [-0.15, -0.1) is 0 Å². The fraction of sp³-hybridized carbons (Fsp3) is 0.176. The van der Waals surface area contributed by atoms with E-state index in [2.05, 4.69) is 5.32 Å². The lowest BCUT2D eigenvalue weighted by Crippen LogP contribution is -2.32. The second kappa shape index (κ2) is 7.09. The number of carboxylic acids is 1. The van der Waals surface area contributed by atoms with Crippen molar-refractivity contribution in [3.8, 4) is 0 Å². The van der Waals surface area contributed by atoms with Crippen LogP contribution in [-0.4, -0.2) is 22.9 Å². The summed E-state index contributed by atoms with van der Waals surface area (Å²) in [6.45, 7) is 1.84. The normalized spacial score (nSPS) is 11.7. The average molecular weight is 318 g/mol. The van der Waals surface area contributed by atoms with Gasteiger partial charge in [0.05, 0.1) is 0 Å². The van der Waals surface area contributed by atoms with Gasteiger partial charge in [-0.05, 0) is 24.6 Å². The predicted octanol–water partition coefficient (Wildman–Crippen LogP) is 3.79. The molecule has 2 N–H and O–H groups in total. The molecule has 0 spiro atoms. The topological polar surface area (TPSA) is 66.4 Å². The van der Waals surface area contributed by atoms with Crippen LogP contribution in [0.4, 0.5) is 5.69 Å². The summed E-state index contributed by atoms with van der Waals surface area (Å²) in [4.78, 5) is 23.6. The van der Waals surface area contributed by atoms with Gasteiger partial charge >= 0.3 is 5.97 Å². The van der Waals surface area contributed by atoms with Crippen LogP contribution in [0.15, 0.2) is 48.5 Å². The lowest BCUT2D eigenvalue weighted by molar-refractivity contribution is -0.137. The number of carbonyl (C=O) groups excluding carboxylic acids is 1. The van der Waals surface area contributed by atoms with E-state index in [4.69, 9.17) is 11.6 Å². The van der Waals surface area contributed by atoms with Crippen molar-refractivity contribution < 1.29 is 14.7 Å². The Morgan fingerprint density at radius 3 is 2.50 bits per heavy atom. The molecule has 0 saturated carbocycles. The Labute approximate surface area is 133 Å². The third-order valence-corrected chi connectivity index (χ3v) is 3.55. The van der Waals surface area contributed by atoms with Gasteiger partial charge in [-0.2, -0.15) is 0 Å². The van der Waals surface area contributed by atoms with E-state index in [9.17, 15) is 14.7 Å². The molecule has 5 heteroatoms. The summed E-state index contributed by atoms with van der Waals surface area (Å²) in [5.74, 6) is -1.30. The summed E-state index contributed by atoms with van der Waals surface area (Å²) in [5.41, 5.74) is 1.97. The van der Waals surface area contributed by atoms with Crippen molar-refractivity contribution in [3.63, 3.8) is 0 Å². The van der Waals surface area contributed by atoms with E-state index in [1.54, 1.807) is 48.5 Å². The van der Waals surface area contributed by atoms with E-state index in [0.29, 0.717) is 16.3 Å². The first kappa shape index (κ1) is 16.0. The predicted molar refractivity (Wildman–Crippen MR) is 86.6 cm³/mol. The van der Waals surface area contributed by atoms with Crippen molar-refractivity contribution in [2.75, 3.05) is 5.32 Å². The molecular formula is C17H16ClNO3. The van der Waals surface area contributed by atoms with Crippen molar-refractivity contribution in [1.29, 1.82) is 0 Å². The number of anilines is 1. The Bertz CT molecular complexity index is 686. The third-order valence-electron chi connectivity index (χ3n) is 3.31. The van der Waals surface area contributed by atoms with Gasteiger partial charge in [0, 0.05) is 22.7 Å². The number of nitrogens with one attached hydrogen (secondary N) is 1. The maximum Gasteiger partial charge on any atom is 0.326 e. The first-order valence-electron chi connectivity index (χ1n) is 6.81. The smallest absolute Gasteiger partial charge is 0.326 e. The quantitative estimate of drug-likeness (QED) is 0.796. The molecule has 4 nitrogen and oxygen atoms in total. The molecule has 0 fully saturated rings. The summed E-state index contributed by atoms with van der Waals surface area (Å²) in [6, 6.07) is 12.8. The van der Waals surface area contributed by atoms with Gasteiger partial charge in [-0.1, -0.05) is 48.0 Å². The Hall–Kier alpha value is -2.33. The molecule has 0 aliphatic carbocycles. The molecule has 0 amide bonds. The first-order chi connectivity index (χ1) is 10.5. The number of hydrogen-bond donors (Lipinski definition) is 2. The Balaban J connectivity index is 2.15. The van der Waals surface area contributed by atoms with Crippen molar-refractivity contribution in [1.82, 2.24) is 0 Å². The minimum absolute atomic E-state index is 0.134. The number of aliphatic carboxylic acids is 1. The molecule has 0 heterocycles. The van der Waals surface area contributed by atoms with Crippen LogP contribution >= 0.6 is 11.6 Å². The molecule has 2 aromatic rings. The number of benzene rings is 2. The first-order valence-corrected chi connectivity index (χ1v) is 7.19. The molecular weight excluding hydrogens is 302 g/mol. The highest BCUT2D eigenvalue weighted by molar-refractivity contribution is 6.30. The summed E-state index contributed by atoms with van der Waals surface area (Å²) in [7, 11) is 0. The monoisotopic (exact) mass is 317 g/mol. The van der Waals surface area contributed by atoms with Gasteiger partial charge in [0.2, 0.25) is 0 Å². The molecule has 22 heavy (non-hydrogen) atoms. The van der Waals surface area contributed by atoms with Gasteiger partial charge in [0.15, 0.2) is 5.78 Å². The minimum Gasteiger partial charge on any atom is -0.480 e. The Morgan fingerprint density at radius 1 is 1.18 bits per heavy atom. The van der Waals surface area contributed by atoms with Crippen LogP contribution in [-0.2, 0) is 4.79 Å². The molecule has 0 unspecified atom stereocenters. The van der Waals surface area contributed by atoms with E-state index in [-0.39, 0.29) is 12.2 Å². The molecule has 114 valence electrons. The number of ketones is 1. The zero-order valence-electron chi connectivity index (χ0n) is 12.0. The SMILES string of the molecule is Cc1ccc(Cl)cc1N[C@H](CC(=O)c1ccccc1)C(=O)O. The number of carboxylic acid groups (broad SMARTS) is 1. The van der Waals surface area contributed by atoms with Gasteiger partial charge in [0.1, 0.15) is 6.04 Å². The van der Waals surface area contributed by atoms with Crippen LogP contribution in [0.2, 0.25) is 5.02 Å². The van der Waals surface area contributed by atoms with Crippen molar-refractivity contribution >= 4 is 29.0 Å². The van der Waals surface area contributed by atoms with E-state index >= 15 is 0 Å². The fourth-order valence-corrected chi connectivity index (χ4v) is 2.24. The van der Waals surface area contributed by atoms with E-state index in [0.717, 1.165) is 5.56 Å². The second-order valence-electron chi connectivity index (χ2n) is 4.99. The summed E-state index contributed by atoms with van der Waals surface area (Å²) in [5, 5.41) is 12.7. The van der Waals surface area contributed by atoms with Crippen LogP contribution in [0, 0.1) is 6.92 Å². The molecule has 0 bridgehead atoms. The standard InChI is InChI=1S/C17H16ClNO3/c1-11-7-8-13(18)9-14(11)19-15(17(21)22)10-16(20)12-5-3-2-4-6-12/h2-9,15,19H,10H2,1H3,(H,21,22)/t15-/m1/s1. The number of hydrogen-bond acceptors (Lipinski definition) is 3. The number of carbonyl (C=O) groups is 2. The average Bonchev–Trinajstić information content (AvgIpc) is 2.50. The molecule has 0 aromatic heterocycles. The van der Waals surface area contributed by atoms with E-state index in [1.165, 1.54) is 0 Å². The highest BCUT2D eigenvalue weighted by atomic mass is 35.5. The van der Waals surface area contributed by atoms with Crippen molar-refractivity contribution in [3.05, 3.63) is 64.7 Å². The van der Waals surface area contributed by atoms with E-state index < -0.39 is 12.0 Å². The zero-order valence-corrected chi connectivity index (χ0v) is 12.8. The highest BCUT2D eigenvalue weighted by Crippen LogP contribution is 2.22. The molecule has 0 aliphatic heterocycles. The van der Waals surface area contributed by atoms with Gasteiger partial charge in [0.25, 0.3) is 0 Å². The maximum absolute atomic E-state index is 12.2. The van der Waals surface area contributed by atoms with E-state index in [1.807, 2.05) is 6.92 Å². The Morgan fingerprint density at radius 2 is 1.86 bits per heavy atom. The number of halogens is 1. The minimum atomic E-state index is -1.08. The summed E-state index contributed by atoms with van der Waals surface area (Å²) in [6.07, 6.45) is -0.134. The molecule has 2 aromatic carbocycles. The fourth-order valence-electron chi connectivity index (χ4n) is 2.06. The lowest BCUT2D eigenvalue weighted by atomic mass is 10.0. The maximum atomic E-state index is 12.2. The lowest BCUT2D eigenvalue weighted by Gasteiger charge is -2.17. The molecule has 1 atom stereocenters. The van der Waals surface area contributed by atoms with Crippen molar-refractivity contribution in [2.45, 2.75) is 19.4 Å². The second-order valence-corrected chi connectivity index (χ2v) is 5.42. The molecule has 0 radical (unpaired) electrons. The van der Waals surface area contributed by atoms with Gasteiger partial charge in [-0.25, -0.2) is 4.79 Å². The van der Waals surface area contributed by atoms with Gasteiger partial charge < -0.3 is 10.4 Å². The largest absolute Gasteiger partial charge is 0.480 e. The number of aryl methyl sites for hydroxylation is 1. The Kier molecular flexibility index (Phi) is 5.17. The van der Waals surface area contributed by atoms with Crippen LogP contribution in [0.1, 0.15) is 22.3 Å². The van der Waals surface area contributed by atoms with Crippen LogP contribution in [0.3, 0.4) is 0 Å². The van der Waals surface area contributed by atoms with Crippen molar-refractivity contribution in [2.24, 2.45) is 0 Å². The van der Waals surface area contributed by atoms with Crippen LogP contribution < -0.4 is 5.32 Å². The van der Waals surface area contributed by atoms with Crippen LogP contribution in [0.25, 0.3) is 0 Å². The number of rotatable bonds is 6. The molecule has 0 saturated heterocycles. The zero-order chi connectivity index (χ0) is 16.1. The summed E-state index contributed by atoms with van der Waals surface area (Å²) < 4.78 is 0. The molecule has 2 rings (SSSR count). The van der Waals surface area contributed by atoms with Gasteiger partial charge in [-0.3, -0.25) is 4.79 Å². The third kappa shape index (κ3) is 4.09. The van der Waals surface area contributed by atoms with Crippen LogP contribution in [0.5, 0.6) is 0 Å².